The van der Waals surface area contributed by atoms with Gasteiger partial charge in [0.25, 0.3) is 0 Å². The Morgan fingerprint density at radius 1 is 1.42 bits per heavy atom. The maximum absolute atomic E-state index is 12.3. The van der Waals surface area contributed by atoms with Crippen LogP contribution in [0.2, 0.25) is 0 Å². The van der Waals surface area contributed by atoms with Gasteiger partial charge < -0.3 is 10.4 Å². The first kappa shape index (κ1) is 16.1. The Labute approximate surface area is 115 Å². The largest absolute Gasteiger partial charge is 0.395 e. The van der Waals surface area contributed by atoms with Crippen molar-refractivity contribution >= 4 is 10.0 Å². The summed E-state index contributed by atoms with van der Waals surface area (Å²) in [6.45, 7) is 1.94. The zero-order valence-electron chi connectivity index (χ0n) is 11.6. The lowest BCUT2D eigenvalue weighted by Gasteiger charge is -2.18. The second kappa shape index (κ2) is 7.00. The minimum Gasteiger partial charge on any atom is -0.395 e. The van der Waals surface area contributed by atoms with E-state index in [1.54, 1.807) is 18.2 Å². The van der Waals surface area contributed by atoms with Gasteiger partial charge in [-0.25, -0.2) is 8.42 Å². The standard InChI is InChI=1S/C13H22N2O3S/c1-4-13(14-2)11-6-5-7-12(10-11)19(17,18)15(3)8-9-16/h5-7,10,13-14,16H,4,8-9H2,1-3H3. The molecule has 1 rings (SSSR count). The molecule has 0 aliphatic rings. The molecule has 0 radical (unpaired) electrons. The molecule has 6 heteroatoms. The first-order chi connectivity index (χ1) is 8.97. The number of rotatable bonds is 7. The Morgan fingerprint density at radius 3 is 2.63 bits per heavy atom. The molecule has 0 aliphatic heterocycles. The third kappa shape index (κ3) is 3.76. The number of nitrogens with zero attached hydrogens (tertiary/aromatic N) is 1. The number of benzene rings is 1. The van der Waals surface area contributed by atoms with Crippen molar-refractivity contribution in [1.29, 1.82) is 0 Å². The van der Waals surface area contributed by atoms with E-state index in [9.17, 15) is 8.42 Å². The van der Waals surface area contributed by atoms with Crippen LogP contribution in [0.5, 0.6) is 0 Å². The molecule has 0 saturated carbocycles. The lowest BCUT2D eigenvalue weighted by Crippen LogP contribution is -2.29. The minimum atomic E-state index is -3.53. The Balaban J connectivity index is 3.11. The molecule has 0 aromatic heterocycles. The fourth-order valence-electron chi connectivity index (χ4n) is 1.94. The van der Waals surface area contributed by atoms with Gasteiger partial charge in [0, 0.05) is 19.6 Å². The van der Waals surface area contributed by atoms with E-state index >= 15 is 0 Å². The number of likely N-dealkylation sites (N-methyl/N-ethyl adjacent to an activating group) is 1. The zero-order valence-corrected chi connectivity index (χ0v) is 12.4. The van der Waals surface area contributed by atoms with Crippen LogP contribution in [-0.2, 0) is 10.0 Å². The molecule has 1 aromatic carbocycles. The number of aliphatic hydroxyl groups excluding tert-OH is 1. The highest BCUT2D eigenvalue weighted by atomic mass is 32.2. The lowest BCUT2D eigenvalue weighted by atomic mass is 10.1. The van der Waals surface area contributed by atoms with Crippen LogP contribution in [-0.4, -0.2) is 45.1 Å². The summed E-state index contributed by atoms with van der Waals surface area (Å²) in [6, 6.07) is 7.06. The topological polar surface area (TPSA) is 69.6 Å². The predicted octanol–water partition coefficient (Wildman–Crippen LogP) is 0.970. The van der Waals surface area contributed by atoms with E-state index in [1.807, 2.05) is 20.0 Å². The summed E-state index contributed by atoms with van der Waals surface area (Å²) in [5.41, 5.74) is 0.948. The van der Waals surface area contributed by atoms with E-state index in [-0.39, 0.29) is 24.1 Å². The fraction of sp³-hybridized carbons (Fsp3) is 0.538. The van der Waals surface area contributed by atoms with Crippen molar-refractivity contribution in [3.8, 4) is 0 Å². The van der Waals surface area contributed by atoms with Gasteiger partial charge >= 0.3 is 0 Å². The first-order valence-corrected chi connectivity index (χ1v) is 7.75. The van der Waals surface area contributed by atoms with Gasteiger partial charge in [0.2, 0.25) is 10.0 Å². The lowest BCUT2D eigenvalue weighted by molar-refractivity contribution is 0.266. The van der Waals surface area contributed by atoms with Crippen molar-refractivity contribution in [3.05, 3.63) is 29.8 Å². The summed E-state index contributed by atoms with van der Waals surface area (Å²) in [6.07, 6.45) is 0.881. The number of nitrogens with one attached hydrogen (secondary N) is 1. The van der Waals surface area contributed by atoms with Gasteiger partial charge in [-0.3, -0.25) is 0 Å². The van der Waals surface area contributed by atoms with Crippen molar-refractivity contribution < 1.29 is 13.5 Å². The maximum Gasteiger partial charge on any atom is 0.242 e. The Morgan fingerprint density at radius 2 is 2.11 bits per heavy atom. The third-order valence-corrected chi connectivity index (χ3v) is 4.99. The molecule has 0 heterocycles. The Kier molecular flexibility index (Phi) is 5.93. The fourth-order valence-corrected chi connectivity index (χ4v) is 3.16. The van der Waals surface area contributed by atoms with Crippen LogP contribution in [0.4, 0.5) is 0 Å². The number of hydrogen-bond donors (Lipinski definition) is 2. The molecule has 0 amide bonds. The molecule has 1 aromatic rings. The highest BCUT2D eigenvalue weighted by Crippen LogP contribution is 2.21. The summed E-state index contributed by atoms with van der Waals surface area (Å²) in [5, 5.41) is 12.0. The van der Waals surface area contributed by atoms with Crippen LogP contribution in [0.15, 0.2) is 29.2 Å². The highest BCUT2D eigenvalue weighted by Gasteiger charge is 2.21. The second-order valence-corrected chi connectivity index (χ2v) is 6.42. The Hall–Kier alpha value is -0.950. The summed E-state index contributed by atoms with van der Waals surface area (Å²) < 4.78 is 25.7. The van der Waals surface area contributed by atoms with Crippen molar-refractivity contribution in [2.24, 2.45) is 0 Å². The molecule has 0 fully saturated rings. The quantitative estimate of drug-likeness (QED) is 0.783. The first-order valence-electron chi connectivity index (χ1n) is 6.31. The maximum atomic E-state index is 12.3. The molecule has 19 heavy (non-hydrogen) atoms. The van der Waals surface area contributed by atoms with Crippen LogP contribution in [0.25, 0.3) is 0 Å². The predicted molar refractivity (Wildman–Crippen MR) is 75.4 cm³/mol. The highest BCUT2D eigenvalue weighted by molar-refractivity contribution is 7.89. The SMILES string of the molecule is CCC(NC)c1cccc(S(=O)(=O)N(C)CCO)c1. The molecule has 0 bridgehead atoms. The van der Waals surface area contributed by atoms with E-state index in [2.05, 4.69) is 5.32 Å². The monoisotopic (exact) mass is 286 g/mol. The van der Waals surface area contributed by atoms with Crippen LogP contribution in [0.1, 0.15) is 24.9 Å². The average molecular weight is 286 g/mol. The van der Waals surface area contributed by atoms with Crippen LogP contribution >= 0.6 is 0 Å². The van der Waals surface area contributed by atoms with Gasteiger partial charge in [-0.2, -0.15) is 4.31 Å². The molecule has 1 atom stereocenters. The van der Waals surface area contributed by atoms with E-state index in [1.165, 1.54) is 7.05 Å². The summed E-state index contributed by atoms with van der Waals surface area (Å²) in [4.78, 5) is 0.259. The molecular weight excluding hydrogens is 264 g/mol. The number of sulfonamides is 1. The smallest absolute Gasteiger partial charge is 0.242 e. The van der Waals surface area contributed by atoms with E-state index in [0.29, 0.717) is 0 Å². The zero-order chi connectivity index (χ0) is 14.5. The van der Waals surface area contributed by atoms with Gasteiger partial charge in [0.1, 0.15) is 0 Å². The van der Waals surface area contributed by atoms with Crippen LogP contribution < -0.4 is 5.32 Å². The summed E-state index contributed by atoms with van der Waals surface area (Å²) >= 11 is 0. The number of aliphatic hydroxyl groups is 1. The molecular formula is C13H22N2O3S. The molecule has 1 unspecified atom stereocenters. The second-order valence-electron chi connectivity index (χ2n) is 4.37. The number of hydrogen-bond acceptors (Lipinski definition) is 4. The van der Waals surface area contributed by atoms with Crippen molar-refractivity contribution in [3.63, 3.8) is 0 Å². The van der Waals surface area contributed by atoms with Gasteiger partial charge in [-0.1, -0.05) is 19.1 Å². The molecule has 108 valence electrons. The minimum absolute atomic E-state index is 0.0931. The van der Waals surface area contributed by atoms with Crippen molar-refractivity contribution in [2.75, 3.05) is 27.2 Å². The molecule has 0 aliphatic carbocycles. The Bertz CT molecular complexity index is 498. The normalized spacial score (nSPS) is 13.7. The van der Waals surface area contributed by atoms with E-state index < -0.39 is 10.0 Å². The van der Waals surface area contributed by atoms with Crippen molar-refractivity contribution in [1.82, 2.24) is 9.62 Å². The van der Waals surface area contributed by atoms with E-state index in [4.69, 9.17) is 5.11 Å². The van der Waals surface area contributed by atoms with Gasteiger partial charge in [-0.15, -0.1) is 0 Å². The average Bonchev–Trinajstić information content (AvgIpc) is 2.41. The van der Waals surface area contributed by atoms with E-state index in [0.717, 1.165) is 16.3 Å². The van der Waals surface area contributed by atoms with Gasteiger partial charge in [-0.05, 0) is 31.2 Å². The molecule has 0 spiro atoms. The third-order valence-electron chi connectivity index (χ3n) is 3.14. The van der Waals surface area contributed by atoms with Crippen molar-refractivity contribution in [2.45, 2.75) is 24.3 Å². The summed E-state index contributed by atoms with van der Waals surface area (Å²) in [5.74, 6) is 0. The van der Waals surface area contributed by atoms with Gasteiger partial charge in [0.15, 0.2) is 0 Å². The molecule has 2 N–H and O–H groups in total. The molecule has 0 saturated heterocycles. The molecule has 5 nitrogen and oxygen atoms in total. The summed E-state index contributed by atoms with van der Waals surface area (Å²) in [7, 11) is -0.208. The van der Waals surface area contributed by atoms with Crippen LogP contribution in [0, 0.1) is 0 Å². The van der Waals surface area contributed by atoms with Gasteiger partial charge in [0.05, 0.1) is 11.5 Å². The van der Waals surface area contributed by atoms with Crippen LogP contribution in [0.3, 0.4) is 0 Å².